The number of aryl methyl sites for hydroxylation is 1. The first-order valence-electron chi connectivity index (χ1n) is 8.41. The van der Waals surface area contributed by atoms with E-state index in [0.717, 1.165) is 11.3 Å². The summed E-state index contributed by atoms with van der Waals surface area (Å²) in [6.07, 6.45) is 0.0703. The van der Waals surface area contributed by atoms with Crippen LogP contribution in [0.25, 0.3) is 0 Å². The van der Waals surface area contributed by atoms with Crippen LogP contribution in [0.1, 0.15) is 23.6 Å². The highest BCUT2D eigenvalue weighted by Crippen LogP contribution is 2.26. The van der Waals surface area contributed by atoms with Crippen LogP contribution in [0.5, 0.6) is 0 Å². The zero-order chi connectivity index (χ0) is 18.7. The number of anilines is 1. The molecular weight excluding hydrogens is 332 g/mol. The third-order valence-electron chi connectivity index (χ3n) is 4.51. The van der Waals surface area contributed by atoms with Gasteiger partial charge in [-0.05, 0) is 24.6 Å². The number of hydrogen-bond donors (Lipinski definition) is 2. The maximum Gasteiger partial charge on any atom is 0.330 e. The average Bonchev–Trinajstić information content (AvgIpc) is 3.02. The molecule has 3 rings (SSSR count). The van der Waals surface area contributed by atoms with Crippen molar-refractivity contribution in [2.24, 2.45) is 5.92 Å². The molecule has 2 atom stereocenters. The van der Waals surface area contributed by atoms with Crippen LogP contribution < -0.4 is 10.2 Å². The molecule has 134 valence electrons. The van der Waals surface area contributed by atoms with E-state index < -0.39 is 23.8 Å². The molecule has 0 spiro atoms. The molecule has 1 saturated heterocycles. The van der Waals surface area contributed by atoms with E-state index in [2.05, 4.69) is 5.32 Å². The number of carboxylic acids is 1. The number of benzene rings is 2. The van der Waals surface area contributed by atoms with Crippen LogP contribution in [0.3, 0.4) is 0 Å². The Bertz CT molecular complexity index is 817. The van der Waals surface area contributed by atoms with Gasteiger partial charge in [0, 0.05) is 18.7 Å². The Balaban J connectivity index is 1.71. The molecule has 1 aliphatic rings. The Labute approximate surface area is 151 Å². The van der Waals surface area contributed by atoms with Crippen molar-refractivity contribution >= 4 is 23.5 Å². The number of nitrogens with zero attached hydrogens (tertiary/aromatic N) is 1. The smallest absolute Gasteiger partial charge is 0.330 e. The molecule has 6 nitrogen and oxygen atoms in total. The fraction of sp³-hybridized carbons (Fsp3) is 0.250. The van der Waals surface area contributed by atoms with Crippen LogP contribution in [0.2, 0.25) is 0 Å². The third kappa shape index (κ3) is 3.74. The highest BCUT2D eigenvalue weighted by atomic mass is 16.4. The van der Waals surface area contributed by atoms with Gasteiger partial charge in [-0.3, -0.25) is 9.59 Å². The van der Waals surface area contributed by atoms with Gasteiger partial charge in [0.2, 0.25) is 11.8 Å². The molecule has 0 radical (unpaired) electrons. The average molecular weight is 352 g/mol. The Morgan fingerprint density at radius 1 is 1.12 bits per heavy atom. The zero-order valence-electron chi connectivity index (χ0n) is 14.4. The van der Waals surface area contributed by atoms with E-state index in [1.807, 2.05) is 31.2 Å². The fourth-order valence-electron chi connectivity index (χ4n) is 3.05. The molecule has 0 saturated carbocycles. The summed E-state index contributed by atoms with van der Waals surface area (Å²) in [5.74, 6) is -2.27. The number of amides is 2. The van der Waals surface area contributed by atoms with Gasteiger partial charge in [-0.2, -0.15) is 0 Å². The highest BCUT2D eigenvalue weighted by molar-refractivity contribution is 6.00. The van der Waals surface area contributed by atoms with Gasteiger partial charge in [0.25, 0.3) is 0 Å². The van der Waals surface area contributed by atoms with E-state index in [4.69, 9.17) is 0 Å². The van der Waals surface area contributed by atoms with Gasteiger partial charge in [-0.25, -0.2) is 4.79 Å². The number of aliphatic carboxylic acids is 1. The van der Waals surface area contributed by atoms with Gasteiger partial charge < -0.3 is 15.3 Å². The Kier molecular flexibility index (Phi) is 5.02. The van der Waals surface area contributed by atoms with Crippen molar-refractivity contribution in [3.05, 3.63) is 65.7 Å². The van der Waals surface area contributed by atoms with E-state index in [0.29, 0.717) is 5.56 Å². The van der Waals surface area contributed by atoms with Crippen LogP contribution >= 0.6 is 0 Å². The summed E-state index contributed by atoms with van der Waals surface area (Å²) in [5.41, 5.74) is 2.32. The van der Waals surface area contributed by atoms with E-state index in [9.17, 15) is 19.5 Å². The molecule has 26 heavy (non-hydrogen) atoms. The number of nitrogens with one attached hydrogen (secondary N) is 1. The first-order valence-corrected chi connectivity index (χ1v) is 8.41. The monoisotopic (exact) mass is 352 g/mol. The first kappa shape index (κ1) is 17.7. The molecule has 1 unspecified atom stereocenters. The second kappa shape index (κ2) is 7.39. The molecule has 1 fully saturated rings. The minimum Gasteiger partial charge on any atom is -0.479 e. The van der Waals surface area contributed by atoms with Crippen molar-refractivity contribution in [2.45, 2.75) is 19.4 Å². The quantitative estimate of drug-likeness (QED) is 0.864. The summed E-state index contributed by atoms with van der Waals surface area (Å²) >= 11 is 0. The van der Waals surface area contributed by atoms with E-state index in [1.165, 1.54) is 0 Å². The second-order valence-electron chi connectivity index (χ2n) is 6.43. The van der Waals surface area contributed by atoms with Gasteiger partial charge >= 0.3 is 5.97 Å². The molecule has 6 heteroatoms. The molecule has 1 heterocycles. The maximum absolute atomic E-state index is 12.6. The van der Waals surface area contributed by atoms with Crippen molar-refractivity contribution in [1.29, 1.82) is 0 Å². The molecule has 1 aliphatic heterocycles. The summed E-state index contributed by atoms with van der Waals surface area (Å²) in [4.78, 5) is 38.0. The molecule has 2 aromatic rings. The predicted molar refractivity (Wildman–Crippen MR) is 96.6 cm³/mol. The molecule has 0 aromatic heterocycles. The van der Waals surface area contributed by atoms with Crippen LogP contribution in [0.4, 0.5) is 5.69 Å². The molecule has 2 N–H and O–H groups in total. The van der Waals surface area contributed by atoms with Gasteiger partial charge in [0.05, 0.1) is 5.92 Å². The lowest BCUT2D eigenvalue weighted by Gasteiger charge is -2.19. The predicted octanol–water partition coefficient (Wildman–Crippen LogP) is 2.29. The van der Waals surface area contributed by atoms with Gasteiger partial charge in [-0.15, -0.1) is 0 Å². The summed E-state index contributed by atoms with van der Waals surface area (Å²) in [5, 5.41) is 12.0. The van der Waals surface area contributed by atoms with E-state index in [1.54, 1.807) is 35.2 Å². The standard InChI is InChI=1S/C20H20N2O4/c1-13-7-9-16(10-8-13)22-12-15(11-17(22)23)19(24)21-18(20(25)26)14-5-3-2-4-6-14/h2-10,15,18H,11-12H2,1H3,(H,21,24)(H,25,26)/t15?,18-/m1/s1. The lowest BCUT2D eigenvalue weighted by Crippen LogP contribution is -2.38. The van der Waals surface area contributed by atoms with Gasteiger partial charge in [-0.1, -0.05) is 48.0 Å². The molecular formula is C20H20N2O4. The molecule has 2 aromatic carbocycles. The zero-order valence-corrected chi connectivity index (χ0v) is 14.4. The third-order valence-corrected chi connectivity index (χ3v) is 4.51. The van der Waals surface area contributed by atoms with Crippen LogP contribution in [0, 0.1) is 12.8 Å². The number of rotatable bonds is 5. The highest BCUT2D eigenvalue weighted by Gasteiger charge is 2.36. The summed E-state index contributed by atoms with van der Waals surface area (Å²) in [7, 11) is 0. The molecule has 0 bridgehead atoms. The summed E-state index contributed by atoms with van der Waals surface area (Å²) in [6, 6.07) is 14.9. The largest absolute Gasteiger partial charge is 0.479 e. The van der Waals surface area contributed by atoms with Crippen molar-refractivity contribution in [3.8, 4) is 0 Å². The number of hydrogen-bond acceptors (Lipinski definition) is 3. The SMILES string of the molecule is Cc1ccc(N2CC(C(=O)N[C@@H](C(=O)O)c3ccccc3)CC2=O)cc1. The lowest BCUT2D eigenvalue weighted by atomic mass is 10.0. The first-order chi connectivity index (χ1) is 12.5. The van der Waals surface area contributed by atoms with Crippen molar-refractivity contribution in [1.82, 2.24) is 5.32 Å². The van der Waals surface area contributed by atoms with Gasteiger partial charge in [0.15, 0.2) is 6.04 Å². The van der Waals surface area contributed by atoms with Crippen molar-refractivity contribution in [2.75, 3.05) is 11.4 Å². The van der Waals surface area contributed by atoms with Crippen LogP contribution in [-0.2, 0) is 14.4 Å². The maximum atomic E-state index is 12.6. The molecule has 0 aliphatic carbocycles. The number of carboxylic acid groups (broad SMARTS) is 1. The topological polar surface area (TPSA) is 86.7 Å². The molecule has 2 amide bonds. The minimum atomic E-state index is -1.13. The van der Waals surface area contributed by atoms with Crippen molar-refractivity contribution in [3.63, 3.8) is 0 Å². The Morgan fingerprint density at radius 3 is 2.38 bits per heavy atom. The Morgan fingerprint density at radius 2 is 1.77 bits per heavy atom. The fourth-order valence-corrected chi connectivity index (χ4v) is 3.05. The van der Waals surface area contributed by atoms with Crippen LogP contribution in [-0.4, -0.2) is 29.4 Å². The summed E-state index contributed by atoms with van der Waals surface area (Å²) < 4.78 is 0. The minimum absolute atomic E-state index is 0.0703. The summed E-state index contributed by atoms with van der Waals surface area (Å²) in [6.45, 7) is 2.20. The Hall–Kier alpha value is -3.15. The number of carbonyl (C=O) groups is 3. The second-order valence-corrected chi connectivity index (χ2v) is 6.43. The number of carbonyl (C=O) groups excluding carboxylic acids is 2. The normalized spacial score (nSPS) is 17.8. The van der Waals surface area contributed by atoms with Crippen LogP contribution in [0.15, 0.2) is 54.6 Å². The van der Waals surface area contributed by atoms with Gasteiger partial charge in [0.1, 0.15) is 0 Å². The van der Waals surface area contributed by atoms with Crippen molar-refractivity contribution < 1.29 is 19.5 Å². The van der Waals surface area contributed by atoms with E-state index >= 15 is 0 Å². The van der Waals surface area contributed by atoms with E-state index in [-0.39, 0.29) is 18.9 Å². The lowest BCUT2D eigenvalue weighted by molar-refractivity contribution is -0.142.